The van der Waals surface area contributed by atoms with Crippen molar-refractivity contribution in [1.29, 1.82) is 0 Å². The lowest BCUT2D eigenvalue weighted by Crippen LogP contribution is -2.52. The van der Waals surface area contributed by atoms with E-state index in [2.05, 4.69) is 10.4 Å². The standard InChI is InChI=1S/C19H25N3O3/c1-5-9-19(4,18(24)25)20-17(23)16-8-6-7-15(11-16)12-22-14(3)10-13(2)21-22/h6-8,10-11H,5,9,12H2,1-4H3,(H,20,23)(H,24,25). The third-order valence-corrected chi connectivity index (χ3v) is 4.24. The van der Waals surface area contributed by atoms with Gasteiger partial charge in [-0.2, -0.15) is 5.10 Å². The Kier molecular flexibility index (Phi) is 5.62. The molecule has 1 unspecified atom stereocenters. The lowest BCUT2D eigenvalue weighted by atomic mass is 9.95. The fourth-order valence-corrected chi connectivity index (χ4v) is 2.86. The van der Waals surface area contributed by atoms with Crippen molar-refractivity contribution < 1.29 is 14.7 Å². The highest BCUT2D eigenvalue weighted by molar-refractivity contribution is 5.97. The van der Waals surface area contributed by atoms with E-state index in [-0.39, 0.29) is 5.91 Å². The zero-order valence-electron chi connectivity index (χ0n) is 15.2. The molecule has 0 saturated heterocycles. The second-order valence-corrected chi connectivity index (χ2v) is 6.63. The second-order valence-electron chi connectivity index (χ2n) is 6.63. The predicted molar refractivity (Wildman–Crippen MR) is 95.7 cm³/mol. The van der Waals surface area contributed by atoms with Crippen molar-refractivity contribution >= 4 is 11.9 Å². The smallest absolute Gasteiger partial charge is 0.329 e. The van der Waals surface area contributed by atoms with Crippen molar-refractivity contribution in [2.75, 3.05) is 0 Å². The molecule has 0 saturated carbocycles. The van der Waals surface area contributed by atoms with E-state index < -0.39 is 11.5 Å². The van der Waals surface area contributed by atoms with Gasteiger partial charge in [0.2, 0.25) is 0 Å². The molecule has 1 amide bonds. The minimum atomic E-state index is -1.27. The van der Waals surface area contributed by atoms with Gasteiger partial charge in [0.15, 0.2) is 0 Å². The van der Waals surface area contributed by atoms with Crippen LogP contribution in [0.5, 0.6) is 0 Å². The Labute approximate surface area is 147 Å². The van der Waals surface area contributed by atoms with Crippen LogP contribution in [-0.2, 0) is 11.3 Å². The number of aliphatic carboxylic acids is 1. The number of hydrogen-bond donors (Lipinski definition) is 2. The molecule has 0 fully saturated rings. The van der Waals surface area contributed by atoms with Crippen LogP contribution in [0.3, 0.4) is 0 Å². The summed E-state index contributed by atoms with van der Waals surface area (Å²) in [5, 5.41) is 16.5. The number of benzene rings is 1. The van der Waals surface area contributed by atoms with Crippen LogP contribution in [0.25, 0.3) is 0 Å². The van der Waals surface area contributed by atoms with Crippen molar-refractivity contribution in [3.8, 4) is 0 Å². The molecule has 0 aliphatic carbocycles. The minimum absolute atomic E-state index is 0.375. The van der Waals surface area contributed by atoms with E-state index in [1.54, 1.807) is 18.2 Å². The van der Waals surface area contributed by atoms with Crippen LogP contribution >= 0.6 is 0 Å². The number of amides is 1. The van der Waals surface area contributed by atoms with Crippen molar-refractivity contribution in [3.63, 3.8) is 0 Å². The SMILES string of the molecule is CCCC(C)(NC(=O)c1cccc(Cn2nc(C)cc2C)c1)C(=O)O. The van der Waals surface area contributed by atoms with Crippen molar-refractivity contribution in [1.82, 2.24) is 15.1 Å². The van der Waals surface area contributed by atoms with E-state index in [4.69, 9.17) is 0 Å². The van der Waals surface area contributed by atoms with E-state index in [0.717, 1.165) is 17.0 Å². The summed E-state index contributed by atoms with van der Waals surface area (Å²) in [4.78, 5) is 24.0. The van der Waals surface area contributed by atoms with Crippen LogP contribution in [0.2, 0.25) is 0 Å². The monoisotopic (exact) mass is 343 g/mol. The average molecular weight is 343 g/mol. The van der Waals surface area contributed by atoms with E-state index >= 15 is 0 Å². The fourth-order valence-electron chi connectivity index (χ4n) is 2.86. The zero-order chi connectivity index (χ0) is 18.6. The van der Waals surface area contributed by atoms with E-state index in [0.29, 0.717) is 24.9 Å². The highest BCUT2D eigenvalue weighted by Crippen LogP contribution is 2.15. The van der Waals surface area contributed by atoms with Crippen molar-refractivity contribution in [3.05, 3.63) is 52.8 Å². The molecule has 2 rings (SSSR count). The number of carboxylic acid groups (broad SMARTS) is 1. The average Bonchev–Trinajstić information content (AvgIpc) is 2.85. The third-order valence-electron chi connectivity index (χ3n) is 4.24. The molecule has 2 aromatic rings. The van der Waals surface area contributed by atoms with Crippen LogP contribution in [0.15, 0.2) is 30.3 Å². The van der Waals surface area contributed by atoms with Gasteiger partial charge >= 0.3 is 5.97 Å². The molecular weight excluding hydrogens is 318 g/mol. The highest BCUT2D eigenvalue weighted by Gasteiger charge is 2.34. The topological polar surface area (TPSA) is 84.2 Å². The lowest BCUT2D eigenvalue weighted by Gasteiger charge is -2.25. The van der Waals surface area contributed by atoms with Gasteiger partial charge in [-0.1, -0.05) is 25.5 Å². The number of carbonyl (C=O) groups excluding carboxylic acids is 1. The maximum Gasteiger partial charge on any atom is 0.329 e. The molecule has 0 aliphatic heterocycles. The summed E-state index contributed by atoms with van der Waals surface area (Å²) < 4.78 is 1.88. The predicted octanol–water partition coefficient (Wildman–Crippen LogP) is 2.92. The van der Waals surface area contributed by atoms with Gasteiger partial charge in [-0.15, -0.1) is 0 Å². The number of hydrogen-bond acceptors (Lipinski definition) is 3. The van der Waals surface area contributed by atoms with E-state index in [9.17, 15) is 14.7 Å². The number of rotatable bonds is 7. The molecule has 0 bridgehead atoms. The Morgan fingerprint density at radius 1 is 1.28 bits per heavy atom. The van der Waals surface area contributed by atoms with Crippen molar-refractivity contribution in [2.24, 2.45) is 0 Å². The number of nitrogens with zero attached hydrogens (tertiary/aromatic N) is 2. The number of carbonyl (C=O) groups is 2. The Balaban J connectivity index is 2.18. The Bertz CT molecular complexity index is 782. The summed E-state index contributed by atoms with van der Waals surface area (Å²) in [6.45, 7) is 7.91. The van der Waals surface area contributed by atoms with Gasteiger partial charge < -0.3 is 10.4 Å². The van der Waals surface area contributed by atoms with Gasteiger partial charge in [0.1, 0.15) is 5.54 Å². The summed E-state index contributed by atoms with van der Waals surface area (Å²) in [6.07, 6.45) is 1.04. The molecule has 0 spiro atoms. The van der Waals surface area contributed by atoms with Crippen molar-refractivity contribution in [2.45, 2.75) is 52.6 Å². The lowest BCUT2D eigenvalue weighted by molar-refractivity contribution is -0.144. The molecule has 134 valence electrons. The number of carboxylic acids is 1. The van der Waals surface area contributed by atoms with Gasteiger partial charge in [0.25, 0.3) is 5.91 Å². The first-order valence-corrected chi connectivity index (χ1v) is 8.41. The Morgan fingerprint density at radius 3 is 2.56 bits per heavy atom. The highest BCUT2D eigenvalue weighted by atomic mass is 16.4. The Hall–Kier alpha value is -2.63. The largest absolute Gasteiger partial charge is 0.480 e. The van der Waals surface area contributed by atoms with Crippen LogP contribution in [-0.4, -0.2) is 32.3 Å². The molecule has 6 nitrogen and oxygen atoms in total. The summed E-state index contributed by atoms with van der Waals surface area (Å²) in [7, 11) is 0. The quantitative estimate of drug-likeness (QED) is 0.809. The summed E-state index contributed by atoms with van der Waals surface area (Å²) in [5.74, 6) is -1.41. The van der Waals surface area contributed by atoms with E-state index in [1.165, 1.54) is 6.92 Å². The first-order chi connectivity index (χ1) is 11.7. The minimum Gasteiger partial charge on any atom is -0.480 e. The molecule has 2 N–H and O–H groups in total. The maximum atomic E-state index is 12.5. The third kappa shape index (κ3) is 4.47. The molecule has 1 aromatic carbocycles. The van der Waals surface area contributed by atoms with Gasteiger partial charge in [0, 0.05) is 11.3 Å². The summed E-state index contributed by atoms with van der Waals surface area (Å²) in [5.41, 5.74) is 2.11. The molecule has 1 aromatic heterocycles. The van der Waals surface area contributed by atoms with Crippen LogP contribution in [0.4, 0.5) is 0 Å². The molecule has 25 heavy (non-hydrogen) atoms. The fraction of sp³-hybridized carbons (Fsp3) is 0.421. The molecular formula is C19H25N3O3. The van der Waals surface area contributed by atoms with Crippen LogP contribution in [0, 0.1) is 13.8 Å². The zero-order valence-corrected chi connectivity index (χ0v) is 15.2. The molecule has 0 radical (unpaired) electrons. The number of nitrogens with one attached hydrogen (secondary N) is 1. The van der Waals surface area contributed by atoms with Gasteiger partial charge in [0.05, 0.1) is 12.2 Å². The van der Waals surface area contributed by atoms with Gasteiger partial charge in [-0.25, -0.2) is 4.79 Å². The summed E-state index contributed by atoms with van der Waals surface area (Å²) >= 11 is 0. The molecule has 6 heteroatoms. The maximum absolute atomic E-state index is 12.5. The molecule has 0 aliphatic rings. The Morgan fingerprint density at radius 2 is 2.00 bits per heavy atom. The first kappa shape index (κ1) is 18.7. The first-order valence-electron chi connectivity index (χ1n) is 8.41. The normalized spacial score (nSPS) is 13.3. The van der Waals surface area contributed by atoms with Gasteiger partial charge in [-0.3, -0.25) is 9.48 Å². The van der Waals surface area contributed by atoms with Crippen LogP contribution in [0.1, 0.15) is 54.0 Å². The molecule has 1 atom stereocenters. The van der Waals surface area contributed by atoms with Gasteiger partial charge in [-0.05, 0) is 51.0 Å². The second kappa shape index (κ2) is 7.51. The number of aryl methyl sites for hydroxylation is 2. The number of aromatic nitrogens is 2. The van der Waals surface area contributed by atoms with E-state index in [1.807, 2.05) is 37.6 Å². The van der Waals surface area contributed by atoms with Crippen LogP contribution < -0.4 is 5.32 Å². The molecule has 1 heterocycles. The summed E-state index contributed by atoms with van der Waals surface area (Å²) in [6, 6.07) is 9.19.